The Bertz CT molecular complexity index is 372. The molecule has 16 heavy (non-hydrogen) atoms. The van der Waals surface area contributed by atoms with Gasteiger partial charge in [-0.2, -0.15) is 0 Å². The SMILES string of the molecule is COc1cc(C[C@]2(O)CO2)cc(CO)c1O. The Balaban J connectivity index is 2.31. The summed E-state index contributed by atoms with van der Waals surface area (Å²) in [5, 5.41) is 28.3. The number of aromatic hydroxyl groups is 1. The summed E-state index contributed by atoms with van der Waals surface area (Å²) < 4.78 is 9.85. The molecule has 0 aromatic heterocycles. The van der Waals surface area contributed by atoms with Crippen LogP contribution in [0.5, 0.6) is 11.5 Å². The van der Waals surface area contributed by atoms with E-state index in [4.69, 9.17) is 14.6 Å². The lowest BCUT2D eigenvalue weighted by Gasteiger charge is -2.11. The van der Waals surface area contributed by atoms with Crippen LogP contribution in [0.25, 0.3) is 0 Å². The molecule has 0 bridgehead atoms. The standard InChI is InChI=1S/C11H14O5/c1-15-9-3-7(4-11(14)6-16-11)2-8(5-12)10(9)13/h2-3,12-14H,4-6H2,1H3/t11-/m1/s1. The van der Waals surface area contributed by atoms with Crippen LogP contribution in [0.1, 0.15) is 11.1 Å². The molecular weight excluding hydrogens is 212 g/mol. The van der Waals surface area contributed by atoms with Crippen LogP contribution >= 0.6 is 0 Å². The van der Waals surface area contributed by atoms with E-state index in [1.54, 1.807) is 12.1 Å². The molecule has 1 aliphatic rings. The molecule has 0 radical (unpaired) electrons. The Kier molecular flexibility index (Phi) is 2.75. The van der Waals surface area contributed by atoms with E-state index in [1.807, 2.05) is 0 Å². The highest BCUT2D eigenvalue weighted by molar-refractivity contribution is 5.48. The first-order valence-corrected chi connectivity index (χ1v) is 4.94. The lowest BCUT2D eigenvalue weighted by atomic mass is 10.0. The quantitative estimate of drug-likeness (QED) is 0.637. The molecule has 0 amide bonds. The normalized spacial score (nSPS) is 23.2. The van der Waals surface area contributed by atoms with Gasteiger partial charge in [-0.25, -0.2) is 0 Å². The van der Waals surface area contributed by atoms with Gasteiger partial charge in [-0.05, 0) is 17.7 Å². The minimum atomic E-state index is -1.09. The predicted molar refractivity (Wildman–Crippen MR) is 55.2 cm³/mol. The number of methoxy groups -OCH3 is 1. The van der Waals surface area contributed by atoms with Crippen molar-refractivity contribution in [3.8, 4) is 11.5 Å². The van der Waals surface area contributed by atoms with Crippen molar-refractivity contribution in [2.24, 2.45) is 0 Å². The average Bonchev–Trinajstić information content (AvgIpc) is 2.98. The number of ether oxygens (including phenoxy) is 2. The van der Waals surface area contributed by atoms with Crippen molar-refractivity contribution >= 4 is 0 Å². The van der Waals surface area contributed by atoms with Gasteiger partial charge in [0.2, 0.25) is 0 Å². The van der Waals surface area contributed by atoms with Gasteiger partial charge in [-0.1, -0.05) is 0 Å². The van der Waals surface area contributed by atoms with Crippen LogP contribution < -0.4 is 4.74 Å². The van der Waals surface area contributed by atoms with Crippen molar-refractivity contribution in [2.75, 3.05) is 13.7 Å². The number of benzene rings is 1. The number of epoxide rings is 1. The number of aliphatic hydroxyl groups excluding tert-OH is 1. The molecule has 1 atom stereocenters. The second-order valence-corrected chi connectivity index (χ2v) is 3.88. The summed E-state index contributed by atoms with van der Waals surface area (Å²) in [6.45, 7) is 0.0277. The molecule has 0 spiro atoms. The molecular formula is C11H14O5. The zero-order valence-electron chi connectivity index (χ0n) is 8.93. The van der Waals surface area contributed by atoms with Crippen LogP contribution in [0.4, 0.5) is 0 Å². The third kappa shape index (κ3) is 2.11. The van der Waals surface area contributed by atoms with Gasteiger partial charge in [-0.3, -0.25) is 0 Å². The summed E-state index contributed by atoms with van der Waals surface area (Å²) in [5.74, 6) is -0.877. The number of phenols is 1. The van der Waals surface area contributed by atoms with Gasteiger partial charge in [0, 0.05) is 12.0 Å². The maximum absolute atomic E-state index is 9.65. The van der Waals surface area contributed by atoms with E-state index in [9.17, 15) is 10.2 Å². The number of rotatable bonds is 4. The van der Waals surface area contributed by atoms with E-state index >= 15 is 0 Å². The molecule has 1 heterocycles. The van der Waals surface area contributed by atoms with Crippen molar-refractivity contribution in [3.05, 3.63) is 23.3 Å². The summed E-state index contributed by atoms with van der Waals surface area (Å²) in [6, 6.07) is 3.24. The summed E-state index contributed by atoms with van der Waals surface area (Å²) in [5.41, 5.74) is 1.12. The molecule has 5 nitrogen and oxygen atoms in total. The molecule has 1 aromatic carbocycles. The van der Waals surface area contributed by atoms with Gasteiger partial charge in [0.05, 0.1) is 13.7 Å². The van der Waals surface area contributed by atoms with Crippen molar-refractivity contribution < 1.29 is 24.8 Å². The van der Waals surface area contributed by atoms with Crippen LogP contribution in [0, 0.1) is 0 Å². The van der Waals surface area contributed by atoms with E-state index < -0.39 is 5.79 Å². The van der Waals surface area contributed by atoms with Crippen molar-refractivity contribution in [1.82, 2.24) is 0 Å². The van der Waals surface area contributed by atoms with E-state index in [0.717, 1.165) is 5.56 Å². The molecule has 0 saturated carbocycles. The highest BCUT2D eigenvalue weighted by Crippen LogP contribution is 2.35. The highest BCUT2D eigenvalue weighted by atomic mass is 16.7. The second kappa shape index (κ2) is 3.93. The third-order valence-corrected chi connectivity index (χ3v) is 2.56. The maximum atomic E-state index is 9.65. The fourth-order valence-corrected chi connectivity index (χ4v) is 1.61. The molecule has 2 rings (SSSR count). The van der Waals surface area contributed by atoms with Crippen LogP contribution in [0.2, 0.25) is 0 Å². The number of aliphatic hydroxyl groups is 2. The van der Waals surface area contributed by atoms with Crippen molar-refractivity contribution in [3.63, 3.8) is 0 Å². The lowest BCUT2D eigenvalue weighted by Crippen LogP contribution is -2.13. The minimum absolute atomic E-state index is 0.0718. The maximum Gasteiger partial charge on any atom is 0.193 e. The molecule has 1 aliphatic heterocycles. The fraction of sp³-hybridized carbons (Fsp3) is 0.455. The summed E-state index contributed by atoms with van der Waals surface area (Å²) >= 11 is 0. The molecule has 0 unspecified atom stereocenters. The summed E-state index contributed by atoms with van der Waals surface area (Å²) in [6.07, 6.45) is 0.316. The smallest absolute Gasteiger partial charge is 0.193 e. The topological polar surface area (TPSA) is 82.5 Å². The van der Waals surface area contributed by atoms with Crippen LogP contribution in [-0.2, 0) is 17.8 Å². The van der Waals surface area contributed by atoms with Crippen LogP contribution in [0.3, 0.4) is 0 Å². The molecule has 0 aliphatic carbocycles. The fourth-order valence-electron chi connectivity index (χ4n) is 1.61. The number of hydrogen-bond donors (Lipinski definition) is 3. The van der Waals surface area contributed by atoms with Gasteiger partial charge in [-0.15, -0.1) is 0 Å². The van der Waals surface area contributed by atoms with Gasteiger partial charge >= 0.3 is 0 Å². The van der Waals surface area contributed by atoms with Gasteiger partial charge in [0.1, 0.15) is 6.61 Å². The highest BCUT2D eigenvalue weighted by Gasteiger charge is 2.42. The molecule has 1 saturated heterocycles. The molecule has 1 fully saturated rings. The van der Waals surface area contributed by atoms with E-state index in [1.165, 1.54) is 7.11 Å². The van der Waals surface area contributed by atoms with Gasteiger partial charge in [0.25, 0.3) is 0 Å². The lowest BCUT2D eigenvalue weighted by molar-refractivity contribution is 0.0371. The summed E-state index contributed by atoms with van der Waals surface area (Å²) in [4.78, 5) is 0. The number of hydrogen-bond acceptors (Lipinski definition) is 5. The Hall–Kier alpha value is -1.30. The van der Waals surface area contributed by atoms with Crippen LogP contribution in [-0.4, -0.2) is 34.8 Å². The monoisotopic (exact) mass is 226 g/mol. The second-order valence-electron chi connectivity index (χ2n) is 3.88. The Morgan fingerprint density at radius 2 is 2.19 bits per heavy atom. The minimum Gasteiger partial charge on any atom is -0.504 e. The van der Waals surface area contributed by atoms with E-state index in [2.05, 4.69) is 0 Å². The first-order valence-electron chi connectivity index (χ1n) is 4.94. The van der Waals surface area contributed by atoms with Crippen LogP contribution in [0.15, 0.2) is 12.1 Å². The first-order chi connectivity index (χ1) is 7.58. The van der Waals surface area contributed by atoms with E-state index in [-0.39, 0.29) is 18.1 Å². The van der Waals surface area contributed by atoms with E-state index in [0.29, 0.717) is 18.6 Å². The molecule has 5 heteroatoms. The zero-order chi connectivity index (χ0) is 11.8. The largest absolute Gasteiger partial charge is 0.504 e. The average molecular weight is 226 g/mol. The van der Waals surface area contributed by atoms with Gasteiger partial charge < -0.3 is 24.8 Å². The Labute approximate surface area is 92.9 Å². The Morgan fingerprint density at radius 3 is 2.69 bits per heavy atom. The van der Waals surface area contributed by atoms with Gasteiger partial charge in [0.15, 0.2) is 17.3 Å². The first kappa shape index (κ1) is 11.2. The summed E-state index contributed by atoms with van der Waals surface area (Å²) in [7, 11) is 1.43. The third-order valence-electron chi connectivity index (χ3n) is 2.56. The van der Waals surface area contributed by atoms with Crippen molar-refractivity contribution in [1.29, 1.82) is 0 Å². The Morgan fingerprint density at radius 1 is 1.50 bits per heavy atom. The molecule has 1 aromatic rings. The molecule has 3 N–H and O–H groups in total. The van der Waals surface area contributed by atoms with Crippen molar-refractivity contribution in [2.45, 2.75) is 18.8 Å². The molecule has 88 valence electrons. The predicted octanol–water partition coefficient (Wildman–Crippen LogP) is 0.154. The zero-order valence-corrected chi connectivity index (χ0v) is 8.93.